The molecule has 0 aliphatic carbocycles. The molecule has 0 spiro atoms. The highest BCUT2D eigenvalue weighted by Crippen LogP contribution is 2.02. The van der Waals surface area contributed by atoms with E-state index in [4.69, 9.17) is 0 Å². The van der Waals surface area contributed by atoms with Gasteiger partial charge in [0, 0.05) is 11.4 Å². The van der Waals surface area contributed by atoms with Crippen molar-refractivity contribution in [1.29, 1.82) is 0 Å². The number of nitrogens with zero attached hydrogens (tertiary/aromatic N) is 1. The first-order valence-corrected chi connectivity index (χ1v) is 3.84. The molecular formula is C10H16N2. The van der Waals surface area contributed by atoms with Gasteiger partial charge in [-0.1, -0.05) is 12.7 Å². The fourth-order valence-corrected chi connectivity index (χ4v) is 0.693. The van der Waals surface area contributed by atoms with E-state index in [2.05, 4.69) is 23.6 Å². The molecule has 0 aromatic rings. The molecule has 0 amide bonds. The van der Waals surface area contributed by atoms with E-state index in [0.717, 1.165) is 17.1 Å². The minimum atomic E-state index is 0.859. The van der Waals surface area contributed by atoms with Gasteiger partial charge >= 0.3 is 0 Å². The minimum Gasteiger partial charge on any atom is -0.358 e. The van der Waals surface area contributed by atoms with Crippen LogP contribution in [0, 0.1) is 0 Å². The SMILES string of the molecule is C=N/C(C)=C(\C)NC(=C)/C=C\C. The molecule has 0 rings (SSSR count). The average molecular weight is 164 g/mol. The third kappa shape index (κ3) is 3.76. The Morgan fingerprint density at radius 3 is 2.42 bits per heavy atom. The summed E-state index contributed by atoms with van der Waals surface area (Å²) in [4.78, 5) is 3.80. The van der Waals surface area contributed by atoms with Crippen LogP contribution in [0.15, 0.2) is 40.8 Å². The van der Waals surface area contributed by atoms with E-state index in [-0.39, 0.29) is 0 Å². The van der Waals surface area contributed by atoms with Gasteiger partial charge in [-0.15, -0.1) is 0 Å². The van der Waals surface area contributed by atoms with Crippen LogP contribution in [0.2, 0.25) is 0 Å². The van der Waals surface area contributed by atoms with Crippen LogP contribution in [-0.4, -0.2) is 6.72 Å². The summed E-state index contributed by atoms with van der Waals surface area (Å²) in [6, 6.07) is 0. The molecule has 0 aromatic carbocycles. The molecule has 2 heteroatoms. The van der Waals surface area contributed by atoms with Crippen LogP contribution in [0.3, 0.4) is 0 Å². The molecule has 0 fully saturated rings. The molecule has 0 saturated carbocycles. The van der Waals surface area contributed by atoms with Gasteiger partial charge in [-0.05, 0) is 33.6 Å². The van der Waals surface area contributed by atoms with Gasteiger partial charge in [0.05, 0.1) is 5.70 Å². The van der Waals surface area contributed by atoms with Gasteiger partial charge in [-0.3, -0.25) is 4.99 Å². The molecule has 66 valence electrons. The normalized spacial score (nSPS) is 12.6. The van der Waals surface area contributed by atoms with Gasteiger partial charge in [0.2, 0.25) is 0 Å². The number of hydrogen-bond acceptors (Lipinski definition) is 2. The van der Waals surface area contributed by atoms with E-state index in [9.17, 15) is 0 Å². The first-order valence-electron chi connectivity index (χ1n) is 3.84. The van der Waals surface area contributed by atoms with Crippen molar-refractivity contribution in [1.82, 2.24) is 5.32 Å². The molecule has 12 heavy (non-hydrogen) atoms. The number of hydrogen-bond donors (Lipinski definition) is 1. The molecule has 2 nitrogen and oxygen atoms in total. The zero-order valence-electron chi connectivity index (χ0n) is 8.02. The fourth-order valence-electron chi connectivity index (χ4n) is 0.693. The predicted octanol–water partition coefficient (Wildman–Crippen LogP) is 2.62. The highest BCUT2D eigenvalue weighted by molar-refractivity contribution is 5.30. The summed E-state index contributed by atoms with van der Waals surface area (Å²) in [7, 11) is 0. The summed E-state index contributed by atoms with van der Waals surface area (Å²) < 4.78 is 0. The fraction of sp³-hybridized carbons (Fsp3) is 0.300. The molecule has 0 atom stereocenters. The maximum atomic E-state index is 3.81. The quantitative estimate of drug-likeness (QED) is 0.501. The Morgan fingerprint density at radius 2 is 2.00 bits per heavy atom. The largest absolute Gasteiger partial charge is 0.358 e. The van der Waals surface area contributed by atoms with Crippen LogP contribution < -0.4 is 5.32 Å². The van der Waals surface area contributed by atoms with Crippen molar-refractivity contribution in [3.05, 3.63) is 35.8 Å². The van der Waals surface area contributed by atoms with E-state index >= 15 is 0 Å². The van der Waals surface area contributed by atoms with Gasteiger partial charge in [0.25, 0.3) is 0 Å². The third-order valence-electron chi connectivity index (χ3n) is 1.50. The first kappa shape index (κ1) is 10.7. The molecule has 0 aliphatic heterocycles. The van der Waals surface area contributed by atoms with Gasteiger partial charge in [-0.25, -0.2) is 0 Å². The van der Waals surface area contributed by atoms with Gasteiger partial charge in [-0.2, -0.15) is 0 Å². The third-order valence-corrected chi connectivity index (χ3v) is 1.50. The predicted molar refractivity (Wildman–Crippen MR) is 55.0 cm³/mol. The van der Waals surface area contributed by atoms with Crippen LogP contribution >= 0.6 is 0 Å². The van der Waals surface area contributed by atoms with Crippen LogP contribution in [0.1, 0.15) is 20.8 Å². The van der Waals surface area contributed by atoms with E-state index < -0.39 is 0 Å². The Hall–Kier alpha value is -1.31. The smallest absolute Gasteiger partial charge is 0.0554 e. The Bertz CT molecular complexity index is 234. The van der Waals surface area contributed by atoms with Crippen molar-refractivity contribution >= 4 is 6.72 Å². The van der Waals surface area contributed by atoms with Crippen molar-refractivity contribution < 1.29 is 0 Å². The second-order valence-electron chi connectivity index (χ2n) is 2.52. The zero-order chi connectivity index (χ0) is 9.56. The Morgan fingerprint density at radius 1 is 1.42 bits per heavy atom. The Kier molecular flexibility index (Phi) is 4.77. The standard InChI is InChI=1S/C10H16N2/c1-6-7-8(2)12-10(4)9(3)11-5/h6-7,12H,2,5H2,1,3-4H3/b7-6-,10-9+. The summed E-state index contributed by atoms with van der Waals surface area (Å²) in [6.45, 7) is 13.0. The molecule has 0 saturated heterocycles. The molecule has 0 aliphatic rings. The number of rotatable bonds is 4. The molecule has 1 N–H and O–H groups in total. The van der Waals surface area contributed by atoms with E-state index in [1.807, 2.05) is 32.9 Å². The zero-order valence-corrected chi connectivity index (χ0v) is 8.02. The average Bonchev–Trinajstić information content (AvgIpc) is 2.03. The van der Waals surface area contributed by atoms with E-state index in [1.54, 1.807) is 0 Å². The lowest BCUT2D eigenvalue weighted by molar-refractivity contribution is 0.967. The Balaban J connectivity index is 4.27. The van der Waals surface area contributed by atoms with E-state index in [1.165, 1.54) is 0 Å². The summed E-state index contributed by atoms with van der Waals surface area (Å²) >= 11 is 0. The Labute approximate surface area is 74.4 Å². The monoisotopic (exact) mass is 164 g/mol. The molecular weight excluding hydrogens is 148 g/mol. The van der Waals surface area contributed by atoms with Crippen molar-refractivity contribution in [2.24, 2.45) is 4.99 Å². The second kappa shape index (κ2) is 5.35. The lowest BCUT2D eigenvalue weighted by atomic mass is 10.3. The second-order valence-corrected chi connectivity index (χ2v) is 2.52. The van der Waals surface area contributed by atoms with Crippen molar-refractivity contribution in [2.75, 3.05) is 0 Å². The number of allylic oxidation sites excluding steroid dienone is 4. The van der Waals surface area contributed by atoms with Crippen molar-refractivity contribution in [3.8, 4) is 0 Å². The molecule has 0 aromatic heterocycles. The maximum Gasteiger partial charge on any atom is 0.0554 e. The van der Waals surface area contributed by atoms with Crippen LogP contribution in [0.4, 0.5) is 0 Å². The van der Waals surface area contributed by atoms with E-state index in [0.29, 0.717) is 0 Å². The van der Waals surface area contributed by atoms with Gasteiger partial charge < -0.3 is 5.32 Å². The minimum absolute atomic E-state index is 0.859. The first-order chi connectivity index (χ1) is 5.61. The topological polar surface area (TPSA) is 24.4 Å². The summed E-state index contributed by atoms with van der Waals surface area (Å²) in [5.74, 6) is 0. The number of nitrogens with one attached hydrogen (secondary N) is 1. The summed E-state index contributed by atoms with van der Waals surface area (Å²) in [5, 5.41) is 3.10. The maximum absolute atomic E-state index is 3.81. The molecule has 0 radical (unpaired) electrons. The summed E-state index contributed by atoms with van der Waals surface area (Å²) in [5.41, 5.74) is 2.73. The van der Waals surface area contributed by atoms with Crippen LogP contribution in [0.25, 0.3) is 0 Å². The molecule has 0 heterocycles. The lowest BCUT2D eigenvalue weighted by Crippen LogP contribution is -2.08. The number of aliphatic imine (C=N–C) groups is 1. The van der Waals surface area contributed by atoms with Crippen LogP contribution in [0.5, 0.6) is 0 Å². The lowest BCUT2D eigenvalue weighted by Gasteiger charge is -2.06. The van der Waals surface area contributed by atoms with Gasteiger partial charge in [0.15, 0.2) is 0 Å². The molecule has 0 bridgehead atoms. The van der Waals surface area contributed by atoms with Crippen molar-refractivity contribution in [2.45, 2.75) is 20.8 Å². The van der Waals surface area contributed by atoms with Crippen LogP contribution in [-0.2, 0) is 0 Å². The highest BCUT2D eigenvalue weighted by Gasteiger charge is 1.93. The highest BCUT2D eigenvalue weighted by atomic mass is 14.9. The van der Waals surface area contributed by atoms with Gasteiger partial charge in [0.1, 0.15) is 0 Å². The van der Waals surface area contributed by atoms with Crippen molar-refractivity contribution in [3.63, 3.8) is 0 Å². The molecule has 0 unspecified atom stereocenters. The summed E-state index contributed by atoms with van der Waals surface area (Å²) in [6.07, 6.45) is 3.83.